The van der Waals surface area contributed by atoms with Gasteiger partial charge < -0.3 is 0 Å². The zero-order valence-corrected chi connectivity index (χ0v) is 10.5. The Hall–Kier alpha value is -0.860. The number of hydrazine groups is 1. The summed E-state index contributed by atoms with van der Waals surface area (Å²) in [6.45, 7) is 4.35. The number of unbranched alkanes of at least 4 members (excludes halogenated alkanes) is 1. The third-order valence-electron chi connectivity index (χ3n) is 3.01. The molecule has 0 heterocycles. The molecule has 0 aromatic heterocycles. The maximum Gasteiger partial charge on any atom is 0.0213 e. The van der Waals surface area contributed by atoms with Gasteiger partial charge in [0.15, 0.2) is 0 Å². The zero-order valence-electron chi connectivity index (χ0n) is 10.5. The second-order valence-corrected chi connectivity index (χ2v) is 4.53. The number of hydrogen-bond acceptors (Lipinski definition) is 2. The van der Waals surface area contributed by atoms with E-state index in [2.05, 4.69) is 43.5 Å². The minimum absolute atomic E-state index is 0.459. The first kappa shape index (κ1) is 13.2. The highest BCUT2D eigenvalue weighted by atomic mass is 15.2. The molecule has 0 fully saturated rings. The molecular weight excluding hydrogens is 196 g/mol. The fraction of sp³-hybridized carbons (Fsp3) is 0.571. The van der Waals surface area contributed by atoms with Crippen LogP contribution >= 0.6 is 0 Å². The summed E-state index contributed by atoms with van der Waals surface area (Å²) in [6, 6.07) is 9.18. The first-order valence-electron chi connectivity index (χ1n) is 6.28. The Labute approximate surface area is 99.2 Å². The van der Waals surface area contributed by atoms with E-state index in [1.807, 2.05) is 0 Å². The summed E-state index contributed by atoms with van der Waals surface area (Å²) < 4.78 is 0. The van der Waals surface area contributed by atoms with Crippen molar-refractivity contribution in [2.24, 2.45) is 5.84 Å². The van der Waals surface area contributed by atoms with E-state index in [0.29, 0.717) is 6.04 Å². The molecule has 0 aliphatic rings. The summed E-state index contributed by atoms with van der Waals surface area (Å²) in [4.78, 5) is 0. The van der Waals surface area contributed by atoms with Gasteiger partial charge in [0.25, 0.3) is 0 Å². The summed E-state index contributed by atoms with van der Waals surface area (Å²) in [5, 5.41) is 0. The molecule has 0 aliphatic carbocycles. The molecule has 1 aromatic rings. The average molecular weight is 220 g/mol. The van der Waals surface area contributed by atoms with Crippen LogP contribution < -0.4 is 11.3 Å². The average Bonchev–Trinajstić information content (AvgIpc) is 2.29. The molecule has 1 atom stereocenters. The van der Waals surface area contributed by atoms with Crippen molar-refractivity contribution in [3.8, 4) is 0 Å². The molecule has 2 heteroatoms. The molecule has 90 valence electrons. The van der Waals surface area contributed by atoms with E-state index in [4.69, 9.17) is 5.84 Å². The Morgan fingerprint density at radius 3 is 2.75 bits per heavy atom. The number of hydrogen-bond donors (Lipinski definition) is 2. The molecule has 0 bridgehead atoms. The van der Waals surface area contributed by atoms with Crippen molar-refractivity contribution >= 4 is 0 Å². The fourth-order valence-corrected chi connectivity index (χ4v) is 1.97. The van der Waals surface area contributed by atoms with Gasteiger partial charge in [0, 0.05) is 6.04 Å². The first-order valence-corrected chi connectivity index (χ1v) is 6.28. The van der Waals surface area contributed by atoms with Crippen LogP contribution in [0.3, 0.4) is 0 Å². The lowest BCUT2D eigenvalue weighted by Crippen LogP contribution is -2.35. The van der Waals surface area contributed by atoms with Crippen LogP contribution in [-0.2, 0) is 6.42 Å². The van der Waals surface area contributed by atoms with Crippen LogP contribution in [0.2, 0.25) is 0 Å². The number of nitrogens with two attached hydrogens (primary N) is 1. The highest BCUT2D eigenvalue weighted by Gasteiger charge is 2.05. The van der Waals surface area contributed by atoms with E-state index in [9.17, 15) is 0 Å². The molecule has 3 N–H and O–H groups in total. The van der Waals surface area contributed by atoms with E-state index in [0.717, 1.165) is 12.8 Å². The Balaban J connectivity index is 2.37. The summed E-state index contributed by atoms with van der Waals surface area (Å²) in [5.41, 5.74) is 5.67. The van der Waals surface area contributed by atoms with Crippen LogP contribution in [0.1, 0.15) is 43.7 Å². The largest absolute Gasteiger partial charge is 0.271 e. The van der Waals surface area contributed by atoms with Gasteiger partial charge in [-0.25, -0.2) is 0 Å². The van der Waals surface area contributed by atoms with Crippen molar-refractivity contribution in [3.63, 3.8) is 0 Å². The Bertz CT molecular complexity index is 297. The second-order valence-electron chi connectivity index (χ2n) is 4.53. The van der Waals surface area contributed by atoms with Gasteiger partial charge in [0.05, 0.1) is 0 Å². The molecule has 0 spiro atoms. The minimum Gasteiger partial charge on any atom is -0.271 e. The third-order valence-corrected chi connectivity index (χ3v) is 3.01. The van der Waals surface area contributed by atoms with Crippen LogP contribution in [0.5, 0.6) is 0 Å². The lowest BCUT2D eigenvalue weighted by molar-refractivity contribution is 0.449. The molecule has 1 unspecified atom stereocenters. The van der Waals surface area contributed by atoms with E-state index >= 15 is 0 Å². The van der Waals surface area contributed by atoms with Crippen LogP contribution in [0.4, 0.5) is 0 Å². The van der Waals surface area contributed by atoms with E-state index in [-0.39, 0.29) is 0 Å². The maximum atomic E-state index is 5.56. The lowest BCUT2D eigenvalue weighted by Gasteiger charge is -2.15. The van der Waals surface area contributed by atoms with Gasteiger partial charge in [-0.3, -0.25) is 11.3 Å². The number of benzene rings is 1. The van der Waals surface area contributed by atoms with Gasteiger partial charge in [-0.1, -0.05) is 49.6 Å². The topological polar surface area (TPSA) is 38.0 Å². The highest BCUT2D eigenvalue weighted by Crippen LogP contribution is 2.10. The van der Waals surface area contributed by atoms with Gasteiger partial charge in [0.1, 0.15) is 0 Å². The smallest absolute Gasteiger partial charge is 0.0213 e. The summed E-state index contributed by atoms with van der Waals surface area (Å²) in [6.07, 6.45) is 5.91. The van der Waals surface area contributed by atoms with E-state index < -0.39 is 0 Å². The highest BCUT2D eigenvalue weighted by molar-refractivity contribution is 5.22. The zero-order chi connectivity index (χ0) is 11.8. The molecule has 2 nitrogen and oxygen atoms in total. The Morgan fingerprint density at radius 2 is 2.12 bits per heavy atom. The van der Waals surface area contributed by atoms with Gasteiger partial charge in [0.2, 0.25) is 0 Å². The van der Waals surface area contributed by atoms with Crippen molar-refractivity contribution in [1.29, 1.82) is 0 Å². The Morgan fingerprint density at radius 1 is 1.31 bits per heavy atom. The van der Waals surface area contributed by atoms with E-state index in [1.54, 1.807) is 0 Å². The molecular formula is C14H24N2. The van der Waals surface area contributed by atoms with Crippen LogP contribution in [0.25, 0.3) is 0 Å². The van der Waals surface area contributed by atoms with Gasteiger partial charge in [-0.2, -0.15) is 0 Å². The summed E-state index contributed by atoms with van der Waals surface area (Å²) >= 11 is 0. The minimum atomic E-state index is 0.459. The molecule has 16 heavy (non-hydrogen) atoms. The molecule has 0 amide bonds. The standard InChI is InChI=1S/C14H24N2/c1-3-4-8-14(16-15)10-9-13-7-5-6-12(2)11-13/h5-7,11,14,16H,3-4,8-10,15H2,1-2H3. The summed E-state index contributed by atoms with van der Waals surface area (Å²) in [5.74, 6) is 5.56. The monoisotopic (exact) mass is 220 g/mol. The Kier molecular flexibility index (Phi) is 6.12. The summed E-state index contributed by atoms with van der Waals surface area (Å²) in [7, 11) is 0. The van der Waals surface area contributed by atoms with Gasteiger partial charge >= 0.3 is 0 Å². The number of rotatable bonds is 7. The van der Waals surface area contributed by atoms with Crippen LogP contribution in [0, 0.1) is 6.92 Å². The predicted octanol–water partition coefficient (Wildman–Crippen LogP) is 2.95. The number of nitrogens with one attached hydrogen (secondary N) is 1. The lowest BCUT2D eigenvalue weighted by atomic mass is 10.0. The molecule has 1 aromatic carbocycles. The quantitative estimate of drug-likeness (QED) is 0.547. The van der Waals surface area contributed by atoms with Crippen molar-refractivity contribution < 1.29 is 0 Å². The maximum absolute atomic E-state index is 5.56. The van der Waals surface area contributed by atoms with Crippen LogP contribution in [-0.4, -0.2) is 6.04 Å². The predicted molar refractivity (Wildman–Crippen MR) is 70.1 cm³/mol. The SMILES string of the molecule is CCCCC(CCc1cccc(C)c1)NN. The molecule has 0 saturated carbocycles. The molecule has 0 saturated heterocycles. The second kappa shape index (κ2) is 7.42. The third kappa shape index (κ3) is 4.77. The molecule has 1 rings (SSSR count). The number of aryl methyl sites for hydroxylation is 2. The van der Waals surface area contributed by atoms with Crippen LogP contribution in [0.15, 0.2) is 24.3 Å². The fourth-order valence-electron chi connectivity index (χ4n) is 1.97. The normalized spacial score (nSPS) is 12.7. The molecule has 0 radical (unpaired) electrons. The van der Waals surface area contributed by atoms with Crippen molar-refractivity contribution in [3.05, 3.63) is 35.4 Å². The van der Waals surface area contributed by atoms with Gasteiger partial charge in [-0.15, -0.1) is 0 Å². The van der Waals surface area contributed by atoms with Crippen molar-refractivity contribution in [2.45, 2.75) is 52.0 Å². The van der Waals surface area contributed by atoms with Crippen molar-refractivity contribution in [2.75, 3.05) is 0 Å². The van der Waals surface area contributed by atoms with Gasteiger partial charge in [-0.05, 0) is 31.7 Å². The van der Waals surface area contributed by atoms with E-state index in [1.165, 1.54) is 30.4 Å². The molecule has 0 aliphatic heterocycles. The van der Waals surface area contributed by atoms with Crippen molar-refractivity contribution in [1.82, 2.24) is 5.43 Å². The first-order chi connectivity index (χ1) is 7.76.